The summed E-state index contributed by atoms with van der Waals surface area (Å²) >= 11 is 1.56. The predicted octanol–water partition coefficient (Wildman–Crippen LogP) is 3.10. The van der Waals surface area contributed by atoms with Crippen molar-refractivity contribution in [3.8, 4) is 0 Å². The number of aliphatic hydroxyl groups excluding tert-OH is 1. The van der Waals surface area contributed by atoms with Crippen molar-refractivity contribution in [2.45, 2.75) is 25.0 Å². The monoisotopic (exact) mass is 355 g/mol. The molecule has 2 N–H and O–H groups in total. The molecule has 1 atom stereocenters. The molecule has 6 heteroatoms. The van der Waals surface area contributed by atoms with E-state index in [1.54, 1.807) is 35.6 Å². The van der Waals surface area contributed by atoms with Crippen molar-refractivity contribution < 1.29 is 14.3 Å². The zero-order valence-electron chi connectivity index (χ0n) is 13.3. The number of benzene rings is 1. The number of hydrogen-bond acceptors (Lipinski definition) is 5. The van der Waals surface area contributed by atoms with E-state index in [0.717, 1.165) is 4.88 Å². The van der Waals surface area contributed by atoms with Crippen molar-refractivity contribution in [2.75, 3.05) is 0 Å². The number of para-hydroxylation sites is 1. The highest BCUT2D eigenvalue weighted by Crippen LogP contribution is 2.39. The first-order chi connectivity index (χ1) is 12.1. The van der Waals surface area contributed by atoms with E-state index < -0.39 is 5.91 Å². The third-order valence-corrected chi connectivity index (χ3v) is 5.57. The zero-order valence-corrected chi connectivity index (χ0v) is 14.2. The van der Waals surface area contributed by atoms with Crippen molar-refractivity contribution in [3.63, 3.8) is 0 Å². The van der Waals surface area contributed by atoms with E-state index in [-0.39, 0.29) is 29.3 Å². The number of thiophene rings is 1. The number of fused-ring (bicyclic) bond motifs is 1. The Bertz CT molecular complexity index is 957. The largest absolute Gasteiger partial charge is 0.451 e. The molecule has 4 rings (SSSR count). The van der Waals surface area contributed by atoms with Crippen molar-refractivity contribution in [3.05, 3.63) is 68.7 Å². The van der Waals surface area contributed by atoms with E-state index in [1.165, 1.54) is 6.07 Å². The number of aliphatic hydroxyl groups is 1. The number of hydrogen-bond donors (Lipinski definition) is 2. The van der Waals surface area contributed by atoms with Crippen LogP contribution in [-0.4, -0.2) is 17.1 Å². The van der Waals surface area contributed by atoms with E-state index >= 15 is 0 Å². The molecule has 1 amide bonds. The summed E-state index contributed by atoms with van der Waals surface area (Å²) in [7, 11) is 0. The van der Waals surface area contributed by atoms with Gasteiger partial charge in [0.1, 0.15) is 5.58 Å². The standard InChI is InChI=1S/C19H17NO4S/c21-12-8-11(9-12)18(17-6-3-7-25-17)20-19(23)16-10-14(22)13-4-1-2-5-15(13)24-16/h1-7,10-12,18,21H,8-9H2,(H,20,23)/t11?,12?,18-/m0/s1. The van der Waals surface area contributed by atoms with Gasteiger partial charge in [0.15, 0.2) is 11.2 Å². The van der Waals surface area contributed by atoms with Gasteiger partial charge in [-0.3, -0.25) is 9.59 Å². The molecule has 3 aromatic rings. The van der Waals surface area contributed by atoms with E-state index in [2.05, 4.69) is 5.32 Å². The Balaban J connectivity index is 1.62. The summed E-state index contributed by atoms with van der Waals surface area (Å²) in [6.07, 6.45) is 1.01. The van der Waals surface area contributed by atoms with Crippen LogP contribution in [0.25, 0.3) is 11.0 Å². The van der Waals surface area contributed by atoms with Gasteiger partial charge >= 0.3 is 0 Å². The number of nitrogens with one attached hydrogen (secondary N) is 1. The van der Waals surface area contributed by atoms with Gasteiger partial charge in [0.25, 0.3) is 5.91 Å². The Kier molecular flexibility index (Phi) is 4.15. The van der Waals surface area contributed by atoms with Crippen LogP contribution in [0.15, 0.2) is 57.1 Å². The maximum Gasteiger partial charge on any atom is 0.287 e. The quantitative estimate of drug-likeness (QED) is 0.754. The first-order valence-electron chi connectivity index (χ1n) is 8.17. The smallest absolute Gasteiger partial charge is 0.287 e. The molecule has 1 fully saturated rings. The van der Waals surface area contributed by atoms with Gasteiger partial charge in [0.05, 0.1) is 17.5 Å². The Morgan fingerprint density at radius 3 is 2.76 bits per heavy atom. The molecule has 0 bridgehead atoms. The van der Waals surface area contributed by atoms with Crippen LogP contribution in [-0.2, 0) is 0 Å². The maximum atomic E-state index is 12.7. The number of carbonyl (C=O) groups is 1. The fraction of sp³-hybridized carbons (Fsp3) is 0.263. The van der Waals surface area contributed by atoms with E-state index in [4.69, 9.17) is 4.42 Å². The second-order valence-electron chi connectivity index (χ2n) is 6.32. The van der Waals surface area contributed by atoms with Crippen LogP contribution in [0.3, 0.4) is 0 Å². The highest BCUT2D eigenvalue weighted by Gasteiger charge is 2.36. The lowest BCUT2D eigenvalue weighted by Gasteiger charge is -2.37. The van der Waals surface area contributed by atoms with Gasteiger partial charge in [-0.25, -0.2) is 0 Å². The molecule has 0 unspecified atom stereocenters. The fourth-order valence-corrected chi connectivity index (χ4v) is 4.09. The number of carbonyl (C=O) groups excluding carboxylic acids is 1. The SMILES string of the molecule is O=C(N[C@H](c1cccs1)C1CC(O)C1)c1cc(=O)c2ccccc2o1. The van der Waals surface area contributed by atoms with E-state index in [0.29, 0.717) is 23.8 Å². The fourth-order valence-electron chi connectivity index (χ4n) is 3.22. The second kappa shape index (κ2) is 6.46. The molecule has 1 aliphatic carbocycles. The summed E-state index contributed by atoms with van der Waals surface area (Å²) in [5, 5.41) is 15.0. The number of amides is 1. The van der Waals surface area contributed by atoms with Crippen LogP contribution in [0.4, 0.5) is 0 Å². The molecule has 0 spiro atoms. The number of rotatable bonds is 4. The van der Waals surface area contributed by atoms with Crippen molar-refractivity contribution in [1.29, 1.82) is 0 Å². The summed E-state index contributed by atoms with van der Waals surface area (Å²) in [4.78, 5) is 25.9. The molecular weight excluding hydrogens is 338 g/mol. The third-order valence-electron chi connectivity index (χ3n) is 4.62. The summed E-state index contributed by atoms with van der Waals surface area (Å²) in [5.41, 5.74) is 0.158. The van der Waals surface area contributed by atoms with Gasteiger partial charge in [-0.05, 0) is 42.3 Å². The van der Waals surface area contributed by atoms with Crippen molar-refractivity contribution >= 4 is 28.2 Å². The lowest BCUT2D eigenvalue weighted by molar-refractivity contribution is 0.0238. The minimum Gasteiger partial charge on any atom is -0.451 e. The van der Waals surface area contributed by atoms with Gasteiger partial charge in [0.2, 0.25) is 0 Å². The Labute approximate surface area is 147 Å². The summed E-state index contributed by atoms with van der Waals surface area (Å²) in [6.45, 7) is 0. The molecule has 0 radical (unpaired) electrons. The van der Waals surface area contributed by atoms with Crippen LogP contribution < -0.4 is 10.7 Å². The normalized spacial score (nSPS) is 20.8. The van der Waals surface area contributed by atoms with Gasteiger partial charge in [-0.1, -0.05) is 18.2 Å². The lowest BCUT2D eigenvalue weighted by atomic mass is 9.76. The maximum absolute atomic E-state index is 12.7. The molecule has 1 aliphatic rings. The van der Waals surface area contributed by atoms with E-state index in [9.17, 15) is 14.7 Å². The molecule has 25 heavy (non-hydrogen) atoms. The van der Waals surface area contributed by atoms with Crippen LogP contribution >= 0.6 is 11.3 Å². The molecule has 2 heterocycles. The van der Waals surface area contributed by atoms with Gasteiger partial charge in [0, 0.05) is 10.9 Å². The molecule has 128 valence electrons. The third kappa shape index (κ3) is 3.10. The molecule has 0 saturated heterocycles. The van der Waals surface area contributed by atoms with Gasteiger partial charge in [-0.2, -0.15) is 0 Å². The van der Waals surface area contributed by atoms with Crippen LogP contribution in [0, 0.1) is 5.92 Å². The van der Waals surface area contributed by atoms with Crippen LogP contribution in [0.2, 0.25) is 0 Å². The highest BCUT2D eigenvalue weighted by molar-refractivity contribution is 7.10. The Morgan fingerprint density at radius 2 is 2.04 bits per heavy atom. The minimum atomic E-state index is -0.414. The second-order valence-corrected chi connectivity index (χ2v) is 7.30. The van der Waals surface area contributed by atoms with Gasteiger partial charge in [-0.15, -0.1) is 11.3 Å². The molecular formula is C19H17NO4S. The average molecular weight is 355 g/mol. The first kappa shape index (κ1) is 16.1. The molecule has 1 saturated carbocycles. The van der Waals surface area contributed by atoms with Crippen LogP contribution in [0.1, 0.15) is 34.3 Å². The molecule has 5 nitrogen and oxygen atoms in total. The average Bonchev–Trinajstić information content (AvgIpc) is 3.11. The summed E-state index contributed by atoms with van der Waals surface area (Å²) in [6, 6.07) is 11.8. The summed E-state index contributed by atoms with van der Waals surface area (Å²) < 4.78 is 5.62. The topological polar surface area (TPSA) is 79.5 Å². The van der Waals surface area contributed by atoms with Crippen molar-refractivity contribution in [2.24, 2.45) is 5.92 Å². The van der Waals surface area contributed by atoms with Crippen LogP contribution in [0.5, 0.6) is 0 Å². The highest BCUT2D eigenvalue weighted by atomic mass is 32.1. The van der Waals surface area contributed by atoms with Crippen molar-refractivity contribution in [1.82, 2.24) is 5.32 Å². The first-order valence-corrected chi connectivity index (χ1v) is 9.05. The summed E-state index contributed by atoms with van der Waals surface area (Å²) in [5.74, 6) is -0.224. The minimum absolute atomic E-state index is 0.00475. The predicted molar refractivity (Wildman–Crippen MR) is 95.7 cm³/mol. The van der Waals surface area contributed by atoms with E-state index in [1.807, 2.05) is 17.5 Å². The molecule has 1 aromatic carbocycles. The Hall–Kier alpha value is -2.44. The zero-order chi connectivity index (χ0) is 17.4. The van der Waals surface area contributed by atoms with Gasteiger partial charge < -0.3 is 14.8 Å². The lowest BCUT2D eigenvalue weighted by Crippen LogP contribution is -2.41. The Morgan fingerprint density at radius 1 is 1.24 bits per heavy atom. The molecule has 0 aliphatic heterocycles. The molecule has 2 aromatic heterocycles.